The van der Waals surface area contributed by atoms with E-state index in [0.29, 0.717) is 5.56 Å². The van der Waals surface area contributed by atoms with Gasteiger partial charge in [-0.1, -0.05) is 30.3 Å². The van der Waals surface area contributed by atoms with Crippen LogP contribution in [0, 0.1) is 0 Å². The number of halogens is 1. The Morgan fingerprint density at radius 3 is 2.61 bits per heavy atom. The Hall–Kier alpha value is -2.00. The average molecular weight is 251 g/mol. The zero-order valence-electron chi connectivity index (χ0n) is 10.0. The second-order valence-electron chi connectivity index (χ2n) is 3.71. The average Bonchev–Trinajstić information content (AvgIpc) is 2.43. The van der Waals surface area contributed by atoms with E-state index in [0.717, 1.165) is 0 Å². The maximum Gasteiger partial charge on any atom is 0.331 e. The number of alkyl halides is 1. The number of hydrogen-bond acceptors (Lipinski definition) is 4. The van der Waals surface area contributed by atoms with E-state index in [1.807, 2.05) is 0 Å². The predicted molar refractivity (Wildman–Crippen MR) is 63.5 cm³/mol. The molecule has 1 aromatic carbocycles. The number of benzene rings is 1. The molecule has 18 heavy (non-hydrogen) atoms. The topological polar surface area (TPSA) is 55.7 Å². The molecule has 1 rings (SSSR count). The van der Waals surface area contributed by atoms with Gasteiger partial charge in [-0.3, -0.25) is 0 Å². The van der Waals surface area contributed by atoms with Crippen molar-refractivity contribution in [3.05, 3.63) is 35.9 Å². The number of methoxy groups -OCH3 is 1. The number of ether oxygens (including phenoxy) is 1. The lowest BCUT2D eigenvalue weighted by Crippen LogP contribution is -2.20. The summed E-state index contributed by atoms with van der Waals surface area (Å²) in [5, 5.41) is 0. The monoisotopic (exact) mass is 251 g/mol. The highest BCUT2D eigenvalue weighted by Crippen LogP contribution is 2.23. The van der Waals surface area contributed by atoms with Crippen LogP contribution in [0.4, 0.5) is 4.39 Å². The maximum atomic E-state index is 13.8. The first-order valence-electron chi connectivity index (χ1n) is 5.53. The van der Waals surface area contributed by atoms with E-state index in [9.17, 15) is 14.0 Å². The van der Waals surface area contributed by atoms with Crippen molar-refractivity contribution in [1.82, 2.24) is 0 Å². The van der Waals surface area contributed by atoms with Gasteiger partial charge in [-0.2, -0.15) is 4.99 Å². The summed E-state index contributed by atoms with van der Waals surface area (Å²) >= 11 is 0. The van der Waals surface area contributed by atoms with Crippen LogP contribution < -0.4 is 0 Å². The van der Waals surface area contributed by atoms with Crippen molar-refractivity contribution in [3.63, 3.8) is 0 Å². The third-order valence-electron chi connectivity index (χ3n) is 2.54. The molecule has 0 aliphatic rings. The van der Waals surface area contributed by atoms with E-state index in [2.05, 4.69) is 9.73 Å². The Labute approximate surface area is 104 Å². The van der Waals surface area contributed by atoms with Gasteiger partial charge in [-0.15, -0.1) is 0 Å². The predicted octanol–water partition coefficient (Wildman–Crippen LogP) is 2.35. The van der Waals surface area contributed by atoms with Crippen LogP contribution in [0.15, 0.2) is 35.3 Å². The standard InChI is InChI=1S/C13H14FNO3/c1-18-13(17)12(15-9-16)8-7-11(14)10-5-3-2-4-6-10/h2-6,11-12H,7-8H2,1H3. The Bertz CT molecular complexity index is 429. The smallest absolute Gasteiger partial charge is 0.331 e. The van der Waals surface area contributed by atoms with E-state index >= 15 is 0 Å². The second-order valence-corrected chi connectivity index (χ2v) is 3.71. The second kappa shape index (κ2) is 7.35. The van der Waals surface area contributed by atoms with Gasteiger partial charge in [-0.05, 0) is 18.4 Å². The molecule has 0 saturated carbocycles. The van der Waals surface area contributed by atoms with Crippen molar-refractivity contribution in [2.45, 2.75) is 25.1 Å². The zero-order valence-corrected chi connectivity index (χ0v) is 10.0. The molecule has 0 amide bonds. The molecule has 96 valence electrons. The molecule has 0 aromatic heterocycles. The summed E-state index contributed by atoms with van der Waals surface area (Å²) in [4.78, 5) is 24.7. The third kappa shape index (κ3) is 4.11. The zero-order chi connectivity index (χ0) is 13.4. The lowest BCUT2D eigenvalue weighted by atomic mass is 10.0. The molecule has 0 spiro atoms. The molecular weight excluding hydrogens is 237 g/mol. The molecule has 0 N–H and O–H groups in total. The van der Waals surface area contributed by atoms with Gasteiger partial charge in [0.25, 0.3) is 0 Å². The van der Waals surface area contributed by atoms with Crippen LogP contribution >= 0.6 is 0 Å². The first-order valence-corrected chi connectivity index (χ1v) is 5.53. The van der Waals surface area contributed by atoms with Crippen molar-refractivity contribution in [3.8, 4) is 0 Å². The number of aliphatic imine (C=N–C) groups is 1. The molecule has 1 aromatic rings. The van der Waals surface area contributed by atoms with Gasteiger partial charge in [0.05, 0.1) is 7.11 Å². The Morgan fingerprint density at radius 1 is 1.39 bits per heavy atom. The van der Waals surface area contributed by atoms with Crippen molar-refractivity contribution >= 4 is 12.0 Å². The van der Waals surface area contributed by atoms with E-state index in [-0.39, 0.29) is 12.8 Å². The fraction of sp³-hybridized carbons (Fsp3) is 0.385. The van der Waals surface area contributed by atoms with Crippen LogP contribution in [0.1, 0.15) is 24.6 Å². The molecular formula is C13H14FNO3. The summed E-state index contributed by atoms with van der Waals surface area (Å²) in [6, 6.07) is 7.63. The minimum Gasteiger partial charge on any atom is -0.467 e. The van der Waals surface area contributed by atoms with E-state index in [4.69, 9.17) is 0 Å². The summed E-state index contributed by atoms with van der Waals surface area (Å²) in [6.45, 7) is 0. The van der Waals surface area contributed by atoms with Crippen LogP contribution in [-0.2, 0) is 14.3 Å². The van der Waals surface area contributed by atoms with E-state index in [1.54, 1.807) is 30.3 Å². The van der Waals surface area contributed by atoms with Gasteiger partial charge < -0.3 is 4.74 Å². The Balaban J connectivity index is 2.57. The fourth-order valence-corrected chi connectivity index (χ4v) is 1.57. The van der Waals surface area contributed by atoms with Crippen molar-refractivity contribution in [2.24, 2.45) is 4.99 Å². The molecule has 0 heterocycles. The number of rotatable bonds is 6. The number of isocyanates is 1. The molecule has 0 aliphatic heterocycles. The fourth-order valence-electron chi connectivity index (χ4n) is 1.57. The number of esters is 1. The summed E-state index contributed by atoms with van der Waals surface area (Å²) < 4.78 is 18.3. The normalized spacial score (nSPS) is 13.2. The number of hydrogen-bond donors (Lipinski definition) is 0. The van der Waals surface area contributed by atoms with Gasteiger partial charge in [0.15, 0.2) is 6.04 Å². The Morgan fingerprint density at radius 2 is 2.06 bits per heavy atom. The van der Waals surface area contributed by atoms with Gasteiger partial charge in [0, 0.05) is 0 Å². The van der Waals surface area contributed by atoms with E-state index < -0.39 is 18.2 Å². The first kappa shape index (κ1) is 14.1. The van der Waals surface area contributed by atoms with Gasteiger partial charge in [0.1, 0.15) is 6.17 Å². The molecule has 0 aliphatic carbocycles. The van der Waals surface area contributed by atoms with Crippen molar-refractivity contribution < 1.29 is 18.7 Å². The molecule has 0 radical (unpaired) electrons. The largest absolute Gasteiger partial charge is 0.467 e. The summed E-state index contributed by atoms with van der Waals surface area (Å²) in [7, 11) is 1.19. The minimum atomic E-state index is -1.19. The van der Waals surface area contributed by atoms with E-state index in [1.165, 1.54) is 13.2 Å². The van der Waals surface area contributed by atoms with Gasteiger partial charge in [0.2, 0.25) is 6.08 Å². The minimum absolute atomic E-state index is 0.0922. The highest BCUT2D eigenvalue weighted by Gasteiger charge is 2.20. The molecule has 0 bridgehead atoms. The molecule has 2 atom stereocenters. The van der Waals surface area contributed by atoms with Crippen LogP contribution in [0.25, 0.3) is 0 Å². The lowest BCUT2D eigenvalue weighted by Gasteiger charge is -2.11. The molecule has 0 fully saturated rings. The molecule has 2 unspecified atom stereocenters. The van der Waals surface area contributed by atoms with Gasteiger partial charge in [-0.25, -0.2) is 14.0 Å². The van der Waals surface area contributed by atoms with Crippen LogP contribution in [-0.4, -0.2) is 25.2 Å². The van der Waals surface area contributed by atoms with Crippen LogP contribution in [0.2, 0.25) is 0 Å². The Kier molecular flexibility index (Phi) is 5.74. The number of carbonyl (C=O) groups excluding carboxylic acids is 2. The van der Waals surface area contributed by atoms with Crippen LogP contribution in [0.5, 0.6) is 0 Å². The quantitative estimate of drug-likeness (QED) is 0.443. The van der Waals surface area contributed by atoms with Crippen molar-refractivity contribution in [2.75, 3.05) is 7.11 Å². The van der Waals surface area contributed by atoms with Crippen molar-refractivity contribution in [1.29, 1.82) is 0 Å². The van der Waals surface area contributed by atoms with Crippen LogP contribution in [0.3, 0.4) is 0 Å². The number of carbonyl (C=O) groups is 1. The molecule has 0 saturated heterocycles. The van der Waals surface area contributed by atoms with Gasteiger partial charge >= 0.3 is 5.97 Å². The highest BCUT2D eigenvalue weighted by molar-refractivity contribution is 5.76. The summed E-state index contributed by atoms with van der Waals surface area (Å²) in [6.07, 6.45) is 0.305. The number of nitrogens with zero attached hydrogens (tertiary/aromatic N) is 1. The first-order chi connectivity index (χ1) is 8.69. The molecule has 4 nitrogen and oxygen atoms in total. The SMILES string of the molecule is COC(=O)C(CCC(F)c1ccccc1)N=C=O. The third-order valence-corrected chi connectivity index (χ3v) is 2.54. The summed E-state index contributed by atoms with van der Waals surface area (Å²) in [5.74, 6) is -0.654. The lowest BCUT2D eigenvalue weighted by molar-refractivity contribution is -0.142. The highest BCUT2D eigenvalue weighted by atomic mass is 19.1. The maximum absolute atomic E-state index is 13.8. The molecule has 5 heteroatoms. The summed E-state index contributed by atoms with van der Waals surface area (Å²) in [5.41, 5.74) is 0.538.